The summed E-state index contributed by atoms with van der Waals surface area (Å²) in [5, 5.41) is 0.422. The van der Waals surface area contributed by atoms with E-state index in [1.54, 1.807) is 6.08 Å². The van der Waals surface area contributed by atoms with Crippen molar-refractivity contribution in [1.29, 1.82) is 0 Å². The molecule has 0 saturated heterocycles. The zero-order chi connectivity index (χ0) is 13.8. The highest BCUT2D eigenvalue weighted by atomic mass is 35.5. The van der Waals surface area contributed by atoms with Crippen molar-refractivity contribution < 1.29 is 9.13 Å². The number of ether oxygens (including phenoxy) is 1. The molecular formula is C12H11Cl2FN3O. The molecular weight excluding hydrogens is 292 g/mol. The van der Waals surface area contributed by atoms with Gasteiger partial charge in [-0.15, -0.1) is 0 Å². The number of benzene rings is 1. The van der Waals surface area contributed by atoms with Gasteiger partial charge in [0.05, 0.1) is 17.8 Å². The van der Waals surface area contributed by atoms with E-state index in [4.69, 9.17) is 33.7 Å². The number of hydrogen-bond donors (Lipinski definition) is 3. The Morgan fingerprint density at radius 3 is 2.89 bits per heavy atom. The summed E-state index contributed by atoms with van der Waals surface area (Å²) < 4.78 is 18.8. The van der Waals surface area contributed by atoms with Crippen LogP contribution < -0.4 is 16.6 Å². The predicted molar refractivity (Wildman–Crippen MR) is 71.4 cm³/mol. The Balaban J connectivity index is 2.00. The van der Waals surface area contributed by atoms with Crippen molar-refractivity contribution in [2.45, 2.75) is 6.42 Å². The largest absolute Gasteiger partial charge is 0.489 e. The first-order valence-corrected chi connectivity index (χ1v) is 6.20. The van der Waals surface area contributed by atoms with E-state index in [2.05, 4.69) is 17.1 Å². The van der Waals surface area contributed by atoms with Crippen molar-refractivity contribution >= 4 is 23.2 Å². The van der Waals surface area contributed by atoms with E-state index >= 15 is 0 Å². The number of allylic oxidation sites excluding steroid dienone is 1. The van der Waals surface area contributed by atoms with Gasteiger partial charge in [-0.05, 0) is 17.7 Å². The minimum Gasteiger partial charge on any atom is -0.489 e. The van der Waals surface area contributed by atoms with Crippen molar-refractivity contribution in [3.8, 4) is 0 Å². The van der Waals surface area contributed by atoms with Crippen LogP contribution in [0.15, 0.2) is 29.8 Å². The molecule has 19 heavy (non-hydrogen) atoms. The lowest BCUT2D eigenvalue weighted by atomic mass is 10.1. The average molecular weight is 303 g/mol. The molecule has 0 saturated carbocycles. The van der Waals surface area contributed by atoms with Crippen molar-refractivity contribution in [3.05, 3.63) is 57.4 Å². The summed E-state index contributed by atoms with van der Waals surface area (Å²) in [7, 11) is 0. The number of nitrogens with two attached hydrogens (primary N) is 1. The van der Waals surface area contributed by atoms with E-state index in [1.165, 1.54) is 12.1 Å². The zero-order valence-electron chi connectivity index (χ0n) is 9.77. The smallest absolute Gasteiger partial charge is 0.162 e. The van der Waals surface area contributed by atoms with Gasteiger partial charge >= 0.3 is 0 Å². The summed E-state index contributed by atoms with van der Waals surface area (Å²) in [6.45, 7) is 0.263. The second-order valence-electron chi connectivity index (χ2n) is 3.74. The normalized spacial score (nSPS) is 14.1. The topological polar surface area (TPSA) is 59.3 Å². The Hall–Kier alpha value is -1.59. The van der Waals surface area contributed by atoms with Crippen LogP contribution in [0.5, 0.6) is 0 Å². The van der Waals surface area contributed by atoms with Crippen molar-refractivity contribution in [3.63, 3.8) is 0 Å². The van der Waals surface area contributed by atoms with Gasteiger partial charge in [-0.2, -0.15) is 0 Å². The number of hydrogen-bond acceptors (Lipinski definition) is 4. The van der Waals surface area contributed by atoms with Gasteiger partial charge in [0.15, 0.2) is 11.6 Å². The highest BCUT2D eigenvalue weighted by molar-refractivity contribution is 6.36. The maximum absolute atomic E-state index is 13.3. The predicted octanol–water partition coefficient (Wildman–Crippen LogP) is 2.24. The molecule has 101 valence electrons. The summed E-state index contributed by atoms with van der Waals surface area (Å²) >= 11 is 11.8. The van der Waals surface area contributed by atoms with Crippen LogP contribution in [0.4, 0.5) is 4.39 Å². The Kier molecular flexibility index (Phi) is 4.39. The Morgan fingerprint density at radius 2 is 2.16 bits per heavy atom. The van der Waals surface area contributed by atoms with Crippen LogP contribution in [-0.2, 0) is 11.2 Å². The molecule has 7 heteroatoms. The molecule has 0 amide bonds. The van der Waals surface area contributed by atoms with Crippen LogP contribution in [-0.4, -0.2) is 6.61 Å². The molecule has 4 nitrogen and oxygen atoms in total. The minimum atomic E-state index is -0.503. The number of rotatable bonds is 4. The first kappa shape index (κ1) is 13.8. The van der Waals surface area contributed by atoms with E-state index < -0.39 is 5.82 Å². The summed E-state index contributed by atoms with van der Waals surface area (Å²) in [6, 6.07) is 2.69. The molecule has 0 aromatic heterocycles. The SMILES string of the molecule is NC1=C(OCCc2c(Cl)ccc(F)c2Cl)C=[C]NN1. The van der Waals surface area contributed by atoms with Gasteiger partial charge in [-0.25, -0.2) is 4.39 Å². The van der Waals surface area contributed by atoms with Gasteiger partial charge in [0.1, 0.15) is 5.82 Å². The highest BCUT2D eigenvalue weighted by Crippen LogP contribution is 2.27. The summed E-state index contributed by atoms with van der Waals surface area (Å²) in [5.74, 6) is 0.286. The molecule has 1 heterocycles. The van der Waals surface area contributed by atoms with Crippen LogP contribution in [0.25, 0.3) is 0 Å². The molecule has 0 spiro atoms. The molecule has 1 radical (unpaired) electrons. The second kappa shape index (κ2) is 6.04. The average Bonchev–Trinajstić information content (AvgIpc) is 2.40. The molecule has 0 aliphatic carbocycles. The lowest BCUT2D eigenvalue weighted by Gasteiger charge is -2.16. The number of hydrazine groups is 1. The molecule has 1 aromatic carbocycles. The van der Waals surface area contributed by atoms with E-state index in [1.807, 2.05) is 0 Å². The summed E-state index contributed by atoms with van der Waals surface area (Å²) in [4.78, 5) is 0. The zero-order valence-corrected chi connectivity index (χ0v) is 11.3. The summed E-state index contributed by atoms with van der Waals surface area (Å²) in [5.41, 5.74) is 11.4. The maximum Gasteiger partial charge on any atom is 0.162 e. The van der Waals surface area contributed by atoms with Gasteiger partial charge in [0.2, 0.25) is 0 Å². The molecule has 4 N–H and O–H groups in total. The highest BCUT2D eigenvalue weighted by Gasteiger charge is 2.12. The van der Waals surface area contributed by atoms with Gasteiger partial charge in [-0.3, -0.25) is 10.9 Å². The molecule has 0 unspecified atom stereocenters. The van der Waals surface area contributed by atoms with Crippen LogP contribution >= 0.6 is 23.2 Å². The minimum absolute atomic E-state index is 0.0172. The fourth-order valence-corrected chi connectivity index (χ4v) is 2.08. The lowest BCUT2D eigenvalue weighted by Crippen LogP contribution is -2.35. The Bertz CT molecular complexity index is 546. The monoisotopic (exact) mass is 302 g/mol. The van der Waals surface area contributed by atoms with Gasteiger partial charge < -0.3 is 10.5 Å². The molecule has 1 aliphatic rings. The maximum atomic E-state index is 13.3. The third-order valence-electron chi connectivity index (χ3n) is 2.49. The van der Waals surface area contributed by atoms with Crippen LogP contribution in [0.1, 0.15) is 5.56 Å². The van der Waals surface area contributed by atoms with Crippen molar-refractivity contribution in [2.24, 2.45) is 5.73 Å². The quantitative estimate of drug-likeness (QED) is 0.747. The first-order valence-electron chi connectivity index (χ1n) is 5.44. The van der Waals surface area contributed by atoms with Crippen molar-refractivity contribution in [2.75, 3.05) is 6.61 Å². The Morgan fingerprint density at radius 1 is 1.37 bits per heavy atom. The van der Waals surface area contributed by atoms with Gasteiger partial charge in [0, 0.05) is 17.5 Å². The third-order valence-corrected chi connectivity index (χ3v) is 3.25. The molecule has 2 rings (SSSR count). The fourth-order valence-electron chi connectivity index (χ4n) is 1.53. The summed E-state index contributed by atoms with van der Waals surface area (Å²) in [6.07, 6.45) is 4.61. The first-order chi connectivity index (χ1) is 9.09. The van der Waals surface area contributed by atoms with Crippen LogP contribution in [0.3, 0.4) is 0 Å². The molecule has 0 atom stereocenters. The molecule has 0 fully saturated rings. The molecule has 1 aliphatic heterocycles. The van der Waals surface area contributed by atoms with Crippen molar-refractivity contribution in [1.82, 2.24) is 10.9 Å². The van der Waals surface area contributed by atoms with E-state index in [9.17, 15) is 4.39 Å². The molecule has 0 bridgehead atoms. The van der Waals surface area contributed by atoms with E-state index in [0.717, 1.165) is 0 Å². The second-order valence-corrected chi connectivity index (χ2v) is 4.52. The van der Waals surface area contributed by atoms with Crippen LogP contribution in [0, 0.1) is 12.0 Å². The van der Waals surface area contributed by atoms with Gasteiger partial charge in [-0.1, -0.05) is 23.2 Å². The number of nitrogens with one attached hydrogen (secondary N) is 2. The number of halogens is 3. The lowest BCUT2D eigenvalue weighted by molar-refractivity contribution is 0.219. The van der Waals surface area contributed by atoms with E-state index in [-0.39, 0.29) is 11.6 Å². The van der Waals surface area contributed by atoms with Crippen LogP contribution in [0.2, 0.25) is 10.0 Å². The van der Waals surface area contributed by atoms with Gasteiger partial charge in [0.25, 0.3) is 0 Å². The van der Waals surface area contributed by atoms with E-state index in [0.29, 0.717) is 28.6 Å². The Labute approximate surface area is 120 Å². The molecule has 1 aromatic rings. The third kappa shape index (κ3) is 3.24. The standard InChI is InChI=1S/C12H11Cl2FN3O/c13-8-1-2-9(15)11(14)7(8)4-6-19-10-3-5-17-18-12(10)16/h1-3,17-18H,4,6,16H2. The fraction of sp³-hybridized carbons (Fsp3) is 0.167.